The lowest BCUT2D eigenvalue weighted by Gasteiger charge is -2.04. The number of aryl methyl sites for hydroxylation is 1. The number of hydrazone groups is 1. The van der Waals surface area contributed by atoms with Crippen molar-refractivity contribution >= 4 is 28.5 Å². The van der Waals surface area contributed by atoms with Gasteiger partial charge in [-0.3, -0.25) is 15.5 Å². The Morgan fingerprint density at radius 2 is 2.04 bits per heavy atom. The van der Waals surface area contributed by atoms with Gasteiger partial charge < -0.3 is 9.30 Å². The Hall–Kier alpha value is -3.35. The van der Waals surface area contributed by atoms with E-state index in [4.69, 9.17) is 4.74 Å². The Morgan fingerprint density at radius 3 is 2.75 bits per heavy atom. The summed E-state index contributed by atoms with van der Waals surface area (Å²) >= 11 is 0. The monoisotopic (exact) mass is 324 g/mol. The van der Waals surface area contributed by atoms with E-state index in [1.165, 1.54) is 13.2 Å². The van der Waals surface area contributed by atoms with Gasteiger partial charge in [0.05, 0.1) is 30.0 Å². The number of rotatable bonds is 5. The Morgan fingerprint density at radius 1 is 1.25 bits per heavy atom. The van der Waals surface area contributed by atoms with Crippen molar-refractivity contribution in [3.8, 4) is 5.75 Å². The summed E-state index contributed by atoms with van der Waals surface area (Å²) in [6.07, 6.45) is 1.63. The van der Waals surface area contributed by atoms with E-state index in [1.807, 2.05) is 41.9 Å². The summed E-state index contributed by atoms with van der Waals surface area (Å²) in [4.78, 5) is 10.7. The fraction of sp³-hybridized carbons (Fsp3) is 0.118. The molecule has 0 spiro atoms. The van der Waals surface area contributed by atoms with Gasteiger partial charge in [0.15, 0.2) is 0 Å². The van der Waals surface area contributed by atoms with E-state index in [-0.39, 0.29) is 5.69 Å². The summed E-state index contributed by atoms with van der Waals surface area (Å²) in [6, 6.07) is 14.6. The van der Waals surface area contributed by atoms with E-state index in [2.05, 4.69) is 10.5 Å². The second kappa shape index (κ2) is 6.41. The van der Waals surface area contributed by atoms with Crippen molar-refractivity contribution in [2.75, 3.05) is 12.5 Å². The largest absolute Gasteiger partial charge is 0.496 e. The average molecular weight is 324 g/mol. The number of nitrogens with zero attached hydrogens (tertiary/aromatic N) is 3. The van der Waals surface area contributed by atoms with Gasteiger partial charge in [0.2, 0.25) is 0 Å². The molecular formula is C17H16N4O3. The van der Waals surface area contributed by atoms with Crippen molar-refractivity contribution in [3.63, 3.8) is 0 Å². The van der Waals surface area contributed by atoms with Crippen LogP contribution in [-0.4, -0.2) is 22.8 Å². The highest BCUT2D eigenvalue weighted by Gasteiger charge is 2.14. The normalized spacial score (nSPS) is 11.1. The minimum Gasteiger partial charge on any atom is -0.496 e. The number of anilines is 1. The topological polar surface area (TPSA) is 81.7 Å². The van der Waals surface area contributed by atoms with Crippen molar-refractivity contribution in [3.05, 3.63) is 64.3 Å². The first-order valence-electron chi connectivity index (χ1n) is 7.26. The third-order valence-corrected chi connectivity index (χ3v) is 3.77. The lowest BCUT2D eigenvalue weighted by atomic mass is 10.2. The number of ether oxygens (including phenoxy) is 1. The van der Waals surface area contributed by atoms with Crippen LogP contribution in [0.2, 0.25) is 0 Å². The molecule has 1 N–H and O–H groups in total. The molecule has 3 aromatic rings. The molecule has 0 aliphatic carbocycles. The molecule has 0 radical (unpaired) electrons. The van der Waals surface area contributed by atoms with Crippen LogP contribution in [0.15, 0.2) is 53.6 Å². The van der Waals surface area contributed by atoms with Crippen LogP contribution in [-0.2, 0) is 7.05 Å². The van der Waals surface area contributed by atoms with Crippen LogP contribution in [0.1, 0.15) is 5.69 Å². The first kappa shape index (κ1) is 15.5. The number of aromatic nitrogens is 1. The highest BCUT2D eigenvalue weighted by atomic mass is 16.6. The fourth-order valence-corrected chi connectivity index (χ4v) is 2.49. The summed E-state index contributed by atoms with van der Waals surface area (Å²) in [5.74, 6) is 0.421. The first-order valence-corrected chi connectivity index (χ1v) is 7.26. The minimum absolute atomic E-state index is 0.0939. The quantitative estimate of drug-likeness (QED) is 0.442. The molecule has 0 bridgehead atoms. The van der Waals surface area contributed by atoms with Crippen molar-refractivity contribution in [2.45, 2.75) is 0 Å². The Balaban J connectivity index is 1.85. The third kappa shape index (κ3) is 2.91. The molecule has 1 aromatic heterocycles. The molecule has 1 heterocycles. The second-order valence-corrected chi connectivity index (χ2v) is 5.20. The lowest BCUT2D eigenvalue weighted by molar-refractivity contribution is -0.384. The predicted molar refractivity (Wildman–Crippen MR) is 93.8 cm³/mol. The van der Waals surface area contributed by atoms with E-state index in [1.54, 1.807) is 18.3 Å². The summed E-state index contributed by atoms with van der Waals surface area (Å²) in [5, 5.41) is 16.4. The molecular weight excluding hydrogens is 308 g/mol. The highest BCUT2D eigenvalue weighted by Crippen LogP contribution is 2.28. The number of hydrogen-bond acceptors (Lipinski definition) is 5. The molecule has 7 heteroatoms. The molecule has 24 heavy (non-hydrogen) atoms. The van der Waals surface area contributed by atoms with Crippen LogP contribution in [0.25, 0.3) is 10.9 Å². The SMILES string of the molecule is COc1ccc(N/N=C\c2cc3ccccc3n2C)c([N+](=O)[O-])c1. The molecule has 0 saturated carbocycles. The molecule has 122 valence electrons. The number of methoxy groups -OCH3 is 1. The van der Waals surface area contributed by atoms with Gasteiger partial charge in [0, 0.05) is 18.0 Å². The molecule has 0 amide bonds. The smallest absolute Gasteiger partial charge is 0.297 e. The van der Waals surface area contributed by atoms with Crippen LogP contribution in [0.5, 0.6) is 5.75 Å². The van der Waals surface area contributed by atoms with Gasteiger partial charge in [-0.15, -0.1) is 0 Å². The van der Waals surface area contributed by atoms with Crippen LogP contribution in [0.4, 0.5) is 11.4 Å². The minimum atomic E-state index is -0.475. The van der Waals surface area contributed by atoms with Crippen LogP contribution in [0.3, 0.4) is 0 Å². The molecule has 0 atom stereocenters. The van der Waals surface area contributed by atoms with Crippen molar-refractivity contribution in [1.82, 2.24) is 4.57 Å². The number of nitrogens with one attached hydrogen (secondary N) is 1. The fourth-order valence-electron chi connectivity index (χ4n) is 2.49. The van der Waals surface area contributed by atoms with Gasteiger partial charge in [-0.2, -0.15) is 5.10 Å². The standard InChI is InChI=1S/C17H16N4O3/c1-20-13(9-12-5-3-4-6-16(12)20)11-18-19-15-8-7-14(24-2)10-17(15)21(22)23/h3-11,19H,1-2H3/b18-11-. The molecule has 0 saturated heterocycles. The van der Waals surface area contributed by atoms with E-state index in [0.29, 0.717) is 11.4 Å². The molecule has 0 aliphatic heterocycles. The average Bonchev–Trinajstić information content (AvgIpc) is 2.91. The second-order valence-electron chi connectivity index (χ2n) is 5.20. The Kier molecular flexibility index (Phi) is 4.15. The van der Waals surface area contributed by atoms with Crippen molar-refractivity contribution < 1.29 is 9.66 Å². The molecule has 0 aliphatic rings. The highest BCUT2D eigenvalue weighted by molar-refractivity contribution is 5.90. The maximum Gasteiger partial charge on any atom is 0.297 e. The number of fused-ring (bicyclic) bond motifs is 1. The molecule has 3 rings (SSSR count). The van der Waals surface area contributed by atoms with E-state index >= 15 is 0 Å². The van der Waals surface area contributed by atoms with Crippen LogP contribution in [0, 0.1) is 10.1 Å². The molecule has 2 aromatic carbocycles. The van der Waals surface area contributed by atoms with Gasteiger partial charge in [0.1, 0.15) is 11.4 Å². The number of benzene rings is 2. The number of nitro benzene ring substituents is 1. The zero-order chi connectivity index (χ0) is 17.1. The number of hydrogen-bond donors (Lipinski definition) is 1. The summed E-state index contributed by atoms with van der Waals surface area (Å²) in [5.41, 5.74) is 4.91. The maximum atomic E-state index is 11.1. The zero-order valence-corrected chi connectivity index (χ0v) is 13.3. The number of para-hydroxylation sites is 1. The van der Waals surface area contributed by atoms with Crippen molar-refractivity contribution in [1.29, 1.82) is 0 Å². The Bertz CT molecular complexity index is 931. The molecule has 0 fully saturated rings. The van der Waals surface area contributed by atoms with Crippen LogP contribution < -0.4 is 10.2 Å². The molecule has 7 nitrogen and oxygen atoms in total. The summed E-state index contributed by atoms with van der Waals surface area (Å²) in [7, 11) is 3.41. The summed E-state index contributed by atoms with van der Waals surface area (Å²) < 4.78 is 7.01. The summed E-state index contributed by atoms with van der Waals surface area (Å²) in [6.45, 7) is 0. The predicted octanol–water partition coefficient (Wildman–Crippen LogP) is 3.54. The molecule has 0 unspecified atom stereocenters. The van der Waals surface area contributed by atoms with Gasteiger partial charge in [-0.25, -0.2) is 0 Å². The van der Waals surface area contributed by atoms with E-state index in [9.17, 15) is 10.1 Å². The number of nitro groups is 1. The van der Waals surface area contributed by atoms with Crippen LogP contribution >= 0.6 is 0 Å². The van der Waals surface area contributed by atoms with Crippen molar-refractivity contribution in [2.24, 2.45) is 12.1 Å². The lowest BCUT2D eigenvalue weighted by Crippen LogP contribution is -1.99. The van der Waals surface area contributed by atoms with Gasteiger partial charge in [0.25, 0.3) is 5.69 Å². The van der Waals surface area contributed by atoms with E-state index < -0.39 is 4.92 Å². The van der Waals surface area contributed by atoms with Gasteiger partial charge in [-0.1, -0.05) is 18.2 Å². The first-order chi connectivity index (χ1) is 11.6. The third-order valence-electron chi connectivity index (χ3n) is 3.77. The van der Waals surface area contributed by atoms with Gasteiger partial charge >= 0.3 is 0 Å². The zero-order valence-electron chi connectivity index (χ0n) is 13.3. The van der Waals surface area contributed by atoms with E-state index in [0.717, 1.165) is 16.6 Å². The van der Waals surface area contributed by atoms with Gasteiger partial charge in [-0.05, 0) is 24.3 Å². The maximum absolute atomic E-state index is 11.1. The Labute approximate surface area is 138 Å².